The third kappa shape index (κ3) is 4.62. The molecule has 0 atom stereocenters. The zero-order valence-corrected chi connectivity index (χ0v) is 20.8. The first-order valence-electron chi connectivity index (χ1n) is 12.0. The predicted octanol–water partition coefficient (Wildman–Crippen LogP) is 4.66. The van der Waals surface area contributed by atoms with E-state index in [0.717, 1.165) is 43.2 Å². The number of carbonyl (C=O) groups excluding carboxylic acids is 1. The first-order chi connectivity index (χ1) is 17.5. The Labute approximate surface area is 211 Å². The fourth-order valence-electron chi connectivity index (χ4n) is 4.80. The molecule has 0 saturated carbocycles. The van der Waals surface area contributed by atoms with Crippen LogP contribution < -0.4 is 19.1 Å². The highest BCUT2D eigenvalue weighted by Gasteiger charge is 2.34. The van der Waals surface area contributed by atoms with E-state index in [1.807, 2.05) is 43.3 Å². The molecule has 7 nitrogen and oxygen atoms in total. The second-order valence-corrected chi connectivity index (χ2v) is 9.07. The van der Waals surface area contributed by atoms with Crippen molar-refractivity contribution in [2.24, 2.45) is 0 Å². The number of phenolic OH excluding ortho intramolecular Hbond substituents is 1. The monoisotopic (exact) mass is 486 g/mol. The van der Waals surface area contributed by atoms with Crippen LogP contribution in [0, 0.1) is 6.92 Å². The van der Waals surface area contributed by atoms with Crippen molar-refractivity contribution < 1.29 is 24.1 Å². The van der Waals surface area contributed by atoms with Gasteiger partial charge in [-0.05, 0) is 66.6 Å². The van der Waals surface area contributed by atoms with E-state index < -0.39 is 0 Å². The lowest BCUT2D eigenvalue weighted by Gasteiger charge is -2.36. The molecule has 1 saturated heterocycles. The third-order valence-corrected chi connectivity index (χ3v) is 6.80. The smallest absolute Gasteiger partial charge is 0.232 e. The molecule has 36 heavy (non-hydrogen) atoms. The molecule has 2 heterocycles. The van der Waals surface area contributed by atoms with Gasteiger partial charge < -0.3 is 24.2 Å². The molecule has 1 N–H and O–H groups in total. The molecule has 1 fully saturated rings. The number of ether oxygens (including phenoxy) is 3. The number of nitrogens with zero attached hydrogens (tertiary/aromatic N) is 2. The maximum Gasteiger partial charge on any atom is 0.232 e. The molecule has 2 aliphatic rings. The molecule has 186 valence electrons. The maximum atomic E-state index is 13.2. The molecular formula is C29H30N2O5. The summed E-state index contributed by atoms with van der Waals surface area (Å²) in [6, 6.07) is 17.2. The molecule has 7 heteroatoms. The molecule has 3 aromatic rings. The third-order valence-electron chi connectivity index (χ3n) is 6.80. The molecule has 0 amide bonds. The number of ketones is 1. The number of benzene rings is 3. The molecule has 0 radical (unpaired) electrons. The van der Waals surface area contributed by atoms with Crippen LogP contribution in [0.5, 0.6) is 23.0 Å². The van der Waals surface area contributed by atoms with Gasteiger partial charge in [0.2, 0.25) is 5.78 Å². The number of anilines is 1. The minimum absolute atomic E-state index is 0.152. The molecular weight excluding hydrogens is 456 g/mol. The van der Waals surface area contributed by atoms with E-state index in [-0.39, 0.29) is 17.3 Å². The SMILES string of the molecule is COc1ccc(N2CCN(Cc3c(O)cc(C)c4c3O/C(=C\c3cccc(OC)c3)C4=O)CC2)cc1. The highest BCUT2D eigenvalue weighted by atomic mass is 16.5. The Bertz CT molecular complexity index is 1310. The summed E-state index contributed by atoms with van der Waals surface area (Å²) >= 11 is 0. The van der Waals surface area contributed by atoms with Crippen molar-refractivity contribution in [3.05, 3.63) is 82.6 Å². The van der Waals surface area contributed by atoms with Crippen LogP contribution in [0.15, 0.2) is 60.4 Å². The second kappa shape index (κ2) is 9.95. The summed E-state index contributed by atoms with van der Waals surface area (Å²) in [6.45, 7) is 5.71. The largest absolute Gasteiger partial charge is 0.507 e. The van der Waals surface area contributed by atoms with E-state index in [9.17, 15) is 9.90 Å². The van der Waals surface area contributed by atoms with Crippen molar-refractivity contribution in [2.45, 2.75) is 13.5 Å². The fourth-order valence-corrected chi connectivity index (χ4v) is 4.80. The van der Waals surface area contributed by atoms with Crippen molar-refractivity contribution in [2.75, 3.05) is 45.3 Å². The standard InChI is InChI=1S/C29H30N2O5/c1-19-15-25(32)24(18-30-11-13-31(14-12-30)21-7-9-22(34-2)10-8-21)29-27(19)28(33)26(36-29)17-20-5-4-6-23(16-20)35-3/h4-10,15-17,32H,11-14,18H2,1-3H3/b26-17-. The number of Topliss-reactive ketones (excluding diaryl/α,β-unsaturated/α-hetero) is 1. The van der Waals surface area contributed by atoms with Gasteiger partial charge in [0.25, 0.3) is 0 Å². The quantitative estimate of drug-likeness (QED) is 0.508. The zero-order valence-electron chi connectivity index (χ0n) is 20.8. The molecule has 0 spiro atoms. The van der Waals surface area contributed by atoms with Gasteiger partial charge in [-0.15, -0.1) is 0 Å². The molecule has 0 aliphatic carbocycles. The molecule has 2 aliphatic heterocycles. The van der Waals surface area contributed by atoms with Crippen molar-refractivity contribution in [1.29, 1.82) is 0 Å². The molecule has 0 bridgehead atoms. The molecule has 3 aromatic carbocycles. The lowest BCUT2D eigenvalue weighted by molar-refractivity contribution is 0.101. The number of rotatable bonds is 6. The van der Waals surface area contributed by atoms with Gasteiger partial charge >= 0.3 is 0 Å². The summed E-state index contributed by atoms with van der Waals surface area (Å²) in [5.41, 5.74) is 3.85. The van der Waals surface area contributed by atoms with Crippen LogP contribution in [-0.4, -0.2) is 56.2 Å². The average molecular weight is 487 g/mol. The van der Waals surface area contributed by atoms with E-state index >= 15 is 0 Å². The highest BCUT2D eigenvalue weighted by Crippen LogP contribution is 2.42. The summed E-state index contributed by atoms with van der Waals surface area (Å²) in [6.07, 6.45) is 1.72. The number of phenols is 1. The number of aromatic hydroxyl groups is 1. The summed E-state index contributed by atoms with van der Waals surface area (Å²) in [5.74, 6) is 2.24. The Kier molecular flexibility index (Phi) is 6.57. The Morgan fingerprint density at radius 2 is 1.69 bits per heavy atom. The van der Waals surface area contributed by atoms with Gasteiger partial charge in [0.1, 0.15) is 23.0 Å². The Morgan fingerprint density at radius 1 is 0.972 bits per heavy atom. The van der Waals surface area contributed by atoms with Crippen molar-refractivity contribution in [3.8, 4) is 23.0 Å². The first-order valence-corrected chi connectivity index (χ1v) is 12.0. The number of hydrogen-bond acceptors (Lipinski definition) is 7. The average Bonchev–Trinajstić information content (AvgIpc) is 3.23. The van der Waals surface area contributed by atoms with Gasteiger partial charge in [0.15, 0.2) is 5.76 Å². The predicted molar refractivity (Wildman–Crippen MR) is 139 cm³/mol. The van der Waals surface area contributed by atoms with Crippen molar-refractivity contribution >= 4 is 17.5 Å². The zero-order chi connectivity index (χ0) is 25.2. The number of piperazine rings is 1. The first kappa shape index (κ1) is 23.8. The fraction of sp³-hybridized carbons (Fsp3) is 0.276. The van der Waals surface area contributed by atoms with Crippen LogP contribution in [0.25, 0.3) is 6.08 Å². The van der Waals surface area contributed by atoms with E-state index in [1.54, 1.807) is 26.4 Å². The number of aryl methyl sites for hydroxylation is 1. The van der Waals surface area contributed by atoms with Gasteiger partial charge in [-0.3, -0.25) is 9.69 Å². The lowest BCUT2D eigenvalue weighted by Crippen LogP contribution is -2.46. The van der Waals surface area contributed by atoms with Crippen LogP contribution in [0.4, 0.5) is 5.69 Å². The minimum Gasteiger partial charge on any atom is -0.507 e. The summed E-state index contributed by atoms with van der Waals surface area (Å²) < 4.78 is 16.7. The second-order valence-electron chi connectivity index (χ2n) is 9.07. The number of fused-ring (bicyclic) bond motifs is 1. The molecule has 5 rings (SSSR count). The maximum absolute atomic E-state index is 13.2. The Morgan fingerprint density at radius 3 is 2.39 bits per heavy atom. The van der Waals surface area contributed by atoms with Crippen LogP contribution in [-0.2, 0) is 6.54 Å². The summed E-state index contributed by atoms with van der Waals surface area (Å²) in [7, 11) is 3.27. The van der Waals surface area contributed by atoms with E-state index in [1.165, 1.54) is 0 Å². The van der Waals surface area contributed by atoms with Crippen LogP contribution in [0.2, 0.25) is 0 Å². The molecule has 0 unspecified atom stereocenters. The van der Waals surface area contributed by atoms with Gasteiger partial charge in [0.05, 0.1) is 25.3 Å². The number of carbonyl (C=O) groups is 1. The Balaban J connectivity index is 1.34. The van der Waals surface area contributed by atoms with E-state index in [4.69, 9.17) is 14.2 Å². The van der Waals surface area contributed by atoms with Gasteiger partial charge in [-0.2, -0.15) is 0 Å². The van der Waals surface area contributed by atoms with Crippen molar-refractivity contribution in [3.63, 3.8) is 0 Å². The number of methoxy groups -OCH3 is 2. The van der Waals surface area contributed by atoms with Gasteiger partial charge in [-0.1, -0.05) is 12.1 Å². The summed E-state index contributed by atoms with van der Waals surface area (Å²) in [5, 5.41) is 10.8. The van der Waals surface area contributed by atoms with Gasteiger partial charge in [-0.25, -0.2) is 0 Å². The van der Waals surface area contributed by atoms with Crippen LogP contribution >= 0.6 is 0 Å². The Hall–Kier alpha value is -3.97. The topological polar surface area (TPSA) is 71.5 Å². The highest BCUT2D eigenvalue weighted by molar-refractivity contribution is 6.15. The van der Waals surface area contributed by atoms with E-state index in [0.29, 0.717) is 34.7 Å². The van der Waals surface area contributed by atoms with Crippen LogP contribution in [0.1, 0.15) is 27.0 Å². The number of hydrogen-bond donors (Lipinski definition) is 1. The minimum atomic E-state index is -0.170. The normalized spacial score (nSPS) is 16.7. The van der Waals surface area contributed by atoms with Crippen molar-refractivity contribution in [1.82, 2.24) is 4.90 Å². The van der Waals surface area contributed by atoms with Crippen LogP contribution in [0.3, 0.4) is 0 Å². The lowest BCUT2D eigenvalue weighted by atomic mass is 9.99. The van der Waals surface area contributed by atoms with Gasteiger partial charge in [0, 0.05) is 38.4 Å². The van der Waals surface area contributed by atoms with E-state index in [2.05, 4.69) is 21.9 Å². The number of allylic oxidation sites excluding steroid dienone is 1. The summed E-state index contributed by atoms with van der Waals surface area (Å²) in [4.78, 5) is 17.9. The molecule has 0 aromatic heterocycles.